The lowest BCUT2D eigenvalue weighted by atomic mass is 9.78. The topological polar surface area (TPSA) is 79.6 Å². The van der Waals surface area contributed by atoms with Crippen molar-refractivity contribution in [1.82, 2.24) is 9.62 Å². The van der Waals surface area contributed by atoms with E-state index in [1.807, 2.05) is 6.92 Å². The molecule has 1 N–H and O–H groups in total. The Morgan fingerprint density at radius 3 is 2.48 bits per heavy atom. The van der Waals surface area contributed by atoms with Gasteiger partial charge in [-0.15, -0.1) is 0 Å². The van der Waals surface area contributed by atoms with Gasteiger partial charge >= 0.3 is 0 Å². The molecule has 1 saturated heterocycles. The van der Waals surface area contributed by atoms with E-state index in [4.69, 9.17) is 4.42 Å². The fourth-order valence-electron chi connectivity index (χ4n) is 5.03. The van der Waals surface area contributed by atoms with Crippen LogP contribution in [-0.4, -0.2) is 37.8 Å². The van der Waals surface area contributed by atoms with Crippen LogP contribution in [0.15, 0.2) is 27.5 Å². The number of furan rings is 1. The molecule has 170 valence electrons. The van der Waals surface area contributed by atoms with Crippen LogP contribution in [0.2, 0.25) is 0 Å². The SMILES string of the molecule is Cc1c(C(=O)NC2CCCC(C)C2C)oc2ccc(S(=O)(=O)N3CCCCCC3)cc12. The summed E-state index contributed by atoms with van der Waals surface area (Å²) < 4.78 is 33.8. The molecule has 4 rings (SSSR count). The van der Waals surface area contributed by atoms with Gasteiger partial charge in [0, 0.05) is 30.1 Å². The predicted molar refractivity (Wildman–Crippen MR) is 122 cm³/mol. The summed E-state index contributed by atoms with van der Waals surface area (Å²) in [6, 6.07) is 5.08. The van der Waals surface area contributed by atoms with Gasteiger partial charge < -0.3 is 9.73 Å². The molecule has 1 aromatic carbocycles. The summed E-state index contributed by atoms with van der Waals surface area (Å²) in [5.74, 6) is 1.08. The van der Waals surface area contributed by atoms with Crippen LogP contribution in [0.3, 0.4) is 0 Å². The second-order valence-corrected chi connectivity index (χ2v) is 11.3. The highest BCUT2D eigenvalue weighted by molar-refractivity contribution is 7.89. The van der Waals surface area contributed by atoms with Crippen LogP contribution < -0.4 is 5.32 Å². The molecule has 1 aromatic heterocycles. The van der Waals surface area contributed by atoms with Crippen molar-refractivity contribution in [2.45, 2.75) is 76.7 Å². The first-order valence-electron chi connectivity index (χ1n) is 11.6. The van der Waals surface area contributed by atoms with Crippen molar-refractivity contribution >= 4 is 26.9 Å². The third kappa shape index (κ3) is 4.40. The van der Waals surface area contributed by atoms with Crippen LogP contribution >= 0.6 is 0 Å². The number of carbonyl (C=O) groups excluding carboxylic acids is 1. The van der Waals surface area contributed by atoms with Crippen molar-refractivity contribution in [2.24, 2.45) is 11.8 Å². The van der Waals surface area contributed by atoms with Gasteiger partial charge in [0.05, 0.1) is 4.90 Å². The van der Waals surface area contributed by atoms with E-state index in [2.05, 4.69) is 19.2 Å². The zero-order valence-electron chi connectivity index (χ0n) is 18.8. The Hall–Kier alpha value is -1.86. The molecule has 0 spiro atoms. The average Bonchev–Trinajstić information content (AvgIpc) is 2.92. The van der Waals surface area contributed by atoms with Crippen LogP contribution in [0, 0.1) is 18.8 Å². The molecule has 1 saturated carbocycles. The van der Waals surface area contributed by atoms with Gasteiger partial charge in [0.2, 0.25) is 10.0 Å². The second-order valence-electron chi connectivity index (χ2n) is 9.38. The maximum atomic E-state index is 13.2. The molecule has 1 aliphatic carbocycles. The molecule has 1 aliphatic heterocycles. The van der Waals surface area contributed by atoms with E-state index in [9.17, 15) is 13.2 Å². The van der Waals surface area contributed by atoms with Crippen LogP contribution in [0.25, 0.3) is 11.0 Å². The van der Waals surface area contributed by atoms with Gasteiger partial charge in [-0.05, 0) is 56.2 Å². The number of carbonyl (C=O) groups is 1. The zero-order chi connectivity index (χ0) is 22.2. The molecule has 3 unspecified atom stereocenters. The monoisotopic (exact) mass is 446 g/mol. The van der Waals surface area contributed by atoms with E-state index < -0.39 is 10.0 Å². The summed E-state index contributed by atoms with van der Waals surface area (Å²) in [6.07, 6.45) is 7.24. The number of fused-ring (bicyclic) bond motifs is 1. The first kappa shape index (κ1) is 22.3. The third-order valence-electron chi connectivity index (χ3n) is 7.34. The lowest BCUT2D eigenvalue weighted by molar-refractivity contribution is 0.0864. The Labute approximate surface area is 185 Å². The van der Waals surface area contributed by atoms with Gasteiger partial charge in [-0.2, -0.15) is 4.31 Å². The molecule has 2 aromatic rings. The predicted octanol–water partition coefficient (Wildman–Crippen LogP) is 4.86. The van der Waals surface area contributed by atoms with Gasteiger partial charge in [-0.1, -0.05) is 39.5 Å². The van der Waals surface area contributed by atoms with Crippen molar-refractivity contribution < 1.29 is 17.6 Å². The van der Waals surface area contributed by atoms with E-state index in [0.29, 0.717) is 41.5 Å². The minimum Gasteiger partial charge on any atom is -0.451 e. The number of sulfonamides is 1. The highest BCUT2D eigenvalue weighted by Crippen LogP contribution is 2.32. The van der Waals surface area contributed by atoms with Crippen LogP contribution in [0.5, 0.6) is 0 Å². The molecule has 2 fully saturated rings. The molecule has 31 heavy (non-hydrogen) atoms. The van der Waals surface area contributed by atoms with E-state index in [-0.39, 0.29) is 22.6 Å². The Morgan fingerprint density at radius 2 is 1.77 bits per heavy atom. The molecule has 1 amide bonds. The molecule has 7 heteroatoms. The maximum absolute atomic E-state index is 13.2. The number of nitrogens with one attached hydrogen (secondary N) is 1. The number of benzene rings is 1. The molecule has 2 aliphatic rings. The Kier molecular flexibility index (Phi) is 6.44. The fourth-order valence-corrected chi connectivity index (χ4v) is 6.57. The highest BCUT2D eigenvalue weighted by Gasteiger charge is 2.31. The number of hydrogen-bond donors (Lipinski definition) is 1. The molecule has 0 bridgehead atoms. The van der Waals surface area contributed by atoms with E-state index in [1.165, 1.54) is 6.42 Å². The molecule has 2 heterocycles. The van der Waals surface area contributed by atoms with E-state index >= 15 is 0 Å². The zero-order valence-corrected chi connectivity index (χ0v) is 19.6. The van der Waals surface area contributed by atoms with Gasteiger partial charge in [0.1, 0.15) is 5.58 Å². The van der Waals surface area contributed by atoms with Crippen molar-refractivity contribution in [3.63, 3.8) is 0 Å². The number of rotatable bonds is 4. The van der Waals surface area contributed by atoms with E-state index in [0.717, 1.165) is 38.5 Å². The summed E-state index contributed by atoms with van der Waals surface area (Å²) in [4.78, 5) is 13.3. The molecule has 0 radical (unpaired) electrons. The molecular weight excluding hydrogens is 412 g/mol. The first-order valence-corrected chi connectivity index (χ1v) is 13.1. The summed E-state index contributed by atoms with van der Waals surface area (Å²) in [7, 11) is -3.55. The van der Waals surface area contributed by atoms with Crippen LogP contribution in [-0.2, 0) is 10.0 Å². The van der Waals surface area contributed by atoms with Crippen LogP contribution in [0.1, 0.15) is 74.9 Å². The minimum absolute atomic E-state index is 0.142. The first-order chi connectivity index (χ1) is 14.8. The largest absolute Gasteiger partial charge is 0.451 e. The minimum atomic E-state index is -3.55. The quantitative estimate of drug-likeness (QED) is 0.727. The van der Waals surface area contributed by atoms with Gasteiger partial charge in [-0.25, -0.2) is 8.42 Å². The van der Waals surface area contributed by atoms with Crippen molar-refractivity contribution in [2.75, 3.05) is 13.1 Å². The number of hydrogen-bond acceptors (Lipinski definition) is 4. The molecule has 3 atom stereocenters. The molecule has 6 nitrogen and oxygen atoms in total. The fraction of sp³-hybridized carbons (Fsp3) is 0.625. The van der Waals surface area contributed by atoms with Crippen LogP contribution in [0.4, 0.5) is 0 Å². The maximum Gasteiger partial charge on any atom is 0.287 e. The number of amides is 1. The van der Waals surface area contributed by atoms with Crippen molar-refractivity contribution in [3.8, 4) is 0 Å². The Balaban J connectivity index is 1.60. The summed E-state index contributed by atoms with van der Waals surface area (Å²) >= 11 is 0. The normalized spacial score (nSPS) is 26.0. The van der Waals surface area contributed by atoms with Crippen molar-refractivity contribution in [3.05, 3.63) is 29.5 Å². The Bertz CT molecular complexity index is 1050. The summed E-state index contributed by atoms with van der Waals surface area (Å²) in [5.41, 5.74) is 1.24. The standard InChI is InChI=1S/C24H34N2O4S/c1-16-9-8-10-21(17(16)2)25-24(27)23-18(3)20-15-19(11-12-22(20)30-23)31(28,29)26-13-6-4-5-7-14-26/h11-12,15-17,21H,4-10,13-14H2,1-3H3,(H,25,27). The third-order valence-corrected chi connectivity index (χ3v) is 9.23. The van der Waals surface area contributed by atoms with E-state index in [1.54, 1.807) is 22.5 Å². The summed E-state index contributed by atoms with van der Waals surface area (Å²) in [5, 5.41) is 3.85. The lowest BCUT2D eigenvalue weighted by Crippen LogP contribution is -2.43. The number of nitrogens with zero attached hydrogens (tertiary/aromatic N) is 1. The number of aryl methyl sites for hydroxylation is 1. The average molecular weight is 447 g/mol. The lowest BCUT2D eigenvalue weighted by Gasteiger charge is -2.34. The van der Waals surface area contributed by atoms with Gasteiger partial charge in [-0.3, -0.25) is 4.79 Å². The van der Waals surface area contributed by atoms with Gasteiger partial charge in [0.25, 0.3) is 5.91 Å². The second kappa shape index (κ2) is 8.94. The smallest absolute Gasteiger partial charge is 0.287 e. The highest BCUT2D eigenvalue weighted by atomic mass is 32.2. The van der Waals surface area contributed by atoms with Gasteiger partial charge in [0.15, 0.2) is 5.76 Å². The molecular formula is C24H34N2O4S. The Morgan fingerprint density at radius 1 is 1.06 bits per heavy atom. The van der Waals surface area contributed by atoms with Crippen molar-refractivity contribution in [1.29, 1.82) is 0 Å². The summed E-state index contributed by atoms with van der Waals surface area (Å²) in [6.45, 7) is 7.39.